The summed E-state index contributed by atoms with van der Waals surface area (Å²) in [6.07, 6.45) is 5.21. The Morgan fingerprint density at radius 3 is 2.76 bits per heavy atom. The number of nitrogens with one attached hydrogen (secondary N) is 1. The molecule has 2 aromatic rings. The van der Waals surface area contributed by atoms with Crippen molar-refractivity contribution >= 4 is 43.2 Å². The van der Waals surface area contributed by atoms with Crippen molar-refractivity contribution in [2.45, 2.75) is 38.6 Å². The van der Waals surface area contributed by atoms with E-state index in [0.717, 1.165) is 11.0 Å². The second kappa shape index (κ2) is 6.95. The Balaban J connectivity index is 2.01. The Morgan fingerprint density at radius 1 is 1.19 bits per heavy atom. The van der Waals surface area contributed by atoms with Gasteiger partial charge in [-0.2, -0.15) is 0 Å². The van der Waals surface area contributed by atoms with Crippen LogP contribution in [0, 0.1) is 0 Å². The quantitative estimate of drug-likeness (QED) is 0.643. The van der Waals surface area contributed by atoms with E-state index in [1.54, 1.807) is 10.4 Å². The lowest BCUT2D eigenvalue weighted by Gasteiger charge is -2.19. The van der Waals surface area contributed by atoms with Gasteiger partial charge in [-0.15, -0.1) is 11.3 Å². The molecule has 4 heteroatoms. The predicted octanol–water partition coefficient (Wildman–Crippen LogP) is 5.85. The molecule has 0 fully saturated rings. The molecule has 0 saturated carbocycles. The van der Waals surface area contributed by atoms with Gasteiger partial charge in [-0.3, -0.25) is 0 Å². The summed E-state index contributed by atoms with van der Waals surface area (Å²) in [7, 11) is 0. The highest BCUT2D eigenvalue weighted by molar-refractivity contribution is 9.11. The van der Waals surface area contributed by atoms with Gasteiger partial charge in [-0.1, -0.05) is 38.8 Å². The molecule has 1 unspecified atom stereocenters. The van der Waals surface area contributed by atoms with Crippen LogP contribution in [0.15, 0.2) is 33.2 Å². The zero-order valence-corrected chi connectivity index (χ0v) is 16.1. The molecule has 0 bridgehead atoms. The Hall–Kier alpha value is -0.160. The fourth-order valence-electron chi connectivity index (χ4n) is 2.96. The molecule has 0 aliphatic heterocycles. The predicted molar refractivity (Wildman–Crippen MR) is 98.3 cm³/mol. The van der Waals surface area contributed by atoms with Crippen LogP contribution in [0.3, 0.4) is 0 Å². The Labute approximate surface area is 147 Å². The van der Waals surface area contributed by atoms with E-state index in [1.165, 1.54) is 40.6 Å². The van der Waals surface area contributed by atoms with Crippen LogP contribution in [0.5, 0.6) is 0 Å². The van der Waals surface area contributed by atoms with Crippen molar-refractivity contribution in [3.05, 3.63) is 54.1 Å². The Morgan fingerprint density at radius 2 is 2.00 bits per heavy atom. The summed E-state index contributed by atoms with van der Waals surface area (Å²) in [5, 5.41) is 3.65. The molecule has 1 N–H and O–H groups in total. The van der Waals surface area contributed by atoms with Gasteiger partial charge in [0.1, 0.15) is 0 Å². The van der Waals surface area contributed by atoms with Crippen molar-refractivity contribution in [1.82, 2.24) is 5.32 Å². The van der Waals surface area contributed by atoms with Gasteiger partial charge in [-0.25, -0.2) is 0 Å². The lowest BCUT2D eigenvalue weighted by molar-refractivity contribution is 0.636. The number of aryl methyl sites for hydroxylation is 2. The van der Waals surface area contributed by atoms with Crippen LogP contribution in [-0.4, -0.2) is 6.54 Å². The highest BCUT2D eigenvalue weighted by Gasteiger charge is 2.21. The van der Waals surface area contributed by atoms with Crippen LogP contribution in [0.25, 0.3) is 0 Å². The van der Waals surface area contributed by atoms with Gasteiger partial charge in [0.25, 0.3) is 0 Å². The van der Waals surface area contributed by atoms with Gasteiger partial charge < -0.3 is 5.32 Å². The smallest absolute Gasteiger partial charge is 0.0682 e. The van der Waals surface area contributed by atoms with E-state index in [4.69, 9.17) is 0 Å². The molecule has 0 spiro atoms. The second-order valence-electron chi connectivity index (χ2n) is 5.46. The number of hydrogen-bond acceptors (Lipinski definition) is 2. The number of benzene rings is 1. The maximum atomic E-state index is 3.71. The summed E-state index contributed by atoms with van der Waals surface area (Å²) in [5.74, 6) is 0. The molecular weight excluding hydrogens is 410 g/mol. The lowest BCUT2D eigenvalue weighted by atomic mass is 9.98. The van der Waals surface area contributed by atoms with Gasteiger partial charge in [0.2, 0.25) is 0 Å². The largest absolute Gasteiger partial charge is 0.306 e. The Kier molecular flexibility index (Phi) is 5.20. The van der Waals surface area contributed by atoms with Crippen molar-refractivity contribution in [2.75, 3.05) is 6.54 Å². The van der Waals surface area contributed by atoms with Crippen molar-refractivity contribution < 1.29 is 0 Å². The summed E-state index contributed by atoms with van der Waals surface area (Å²) in [6, 6.07) is 9.13. The van der Waals surface area contributed by atoms with Crippen molar-refractivity contribution in [2.24, 2.45) is 0 Å². The third kappa shape index (κ3) is 3.44. The minimum absolute atomic E-state index is 0.275. The maximum absolute atomic E-state index is 3.71. The first kappa shape index (κ1) is 15.7. The third-order valence-electron chi connectivity index (χ3n) is 3.98. The molecule has 0 saturated heterocycles. The fourth-order valence-corrected chi connectivity index (χ4v) is 5.17. The third-order valence-corrected chi connectivity index (χ3v) is 6.49. The van der Waals surface area contributed by atoms with Crippen molar-refractivity contribution in [1.29, 1.82) is 0 Å². The van der Waals surface area contributed by atoms with E-state index in [-0.39, 0.29) is 6.04 Å². The highest BCUT2D eigenvalue weighted by Crippen LogP contribution is 2.38. The molecule has 112 valence electrons. The normalized spacial score (nSPS) is 15.8. The summed E-state index contributed by atoms with van der Waals surface area (Å²) in [5.41, 5.74) is 2.89. The molecule has 1 aromatic carbocycles. The summed E-state index contributed by atoms with van der Waals surface area (Å²) in [6.45, 7) is 3.14. The summed E-state index contributed by atoms with van der Waals surface area (Å²) in [4.78, 5) is 3.05. The average Bonchev–Trinajstić information content (AvgIpc) is 2.91. The first-order valence-corrected chi connectivity index (χ1v) is 9.89. The summed E-state index contributed by atoms with van der Waals surface area (Å²) < 4.78 is 2.30. The first-order valence-electron chi connectivity index (χ1n) is 7.49. The van der Waals surface area contributed by atoms with Crippen molar-refractivity contribution in [3.63, 3.8) is 0 Å². The molecule has 1 atom stereocenters. The SMILES string of the molecule is CCNC(c1cc2c(s1)CCCC2)c1cc(Br)ccc1Br. The van der Waals surface area contributed by atoms with Gasteiger partial charge in [-0.05, 0) is 67.6 Å². The Bertz CT molecular complexity index is 612. The maximum Gasteiger partial charge on any atom is 0.0682 e. The van der Waals surface area contributed by atoms with Gasteiger partial charge in [0.15, 0.2) is 0 Å². The van der Waals surface area contributed by atoms with Crippen LogP contribution < -0.4 is 5.32 Å². The highest BCUT2D eigenvalue weighted by atomic mass is 79.9. The van der Waals surface area contributed by atoms with Crippen LogP contribution in [0.1, 0.15) is 46.7 Å². The molecule has 1 nitrogen and oxygen atoms in total. The number of halogens is 2. The average molecular weight is 429 g/mol. The number of hydrogen-bond donors (Lipinski definition) is 1. The van der Waals surface area contributed by atoms with Crippen LogP contribution in [0.4, 0.5) is 0 Å². The minimum atomic E-state index is 0.275. The number of rotatable bonds is 4. The van der Waals surface area contributed by atoms with E-state index < -0.39 is 0 Å². The van der Waals surface area contributed by atoms with Crippen molar-refractivity contribution in [3.8, 4) is 0 Å². The minimum Gasteiger partial charge on any atom is -0.306 e. The molecule has 1 heterocycles. The van der Waals surface area contributed by atoms with Gasteiger partial charge >= 0.3 is 0 Å². The molecular formula is C17H19Br2NS. The lowest BCUT2D eigenvalue weighted by Crippen LogP contribution is -2.21. The van der Waals surface area contributed by atoms with Crippen LogP contribution in [0.2, 0.25) is 0 Å². The molecule has 1 aliphatic carbocycles. The second-order valence-corrected chi connectivity index (χ2v) is 8.40. The zero-order valence-electron chi connectivity index (χ0n) is 12.1. The molecule has 0 radical (unpaired) electrons. The monoisotopic (exact) mass is 427 g/mol. The van der Waals surface area contributed by atoms with E-state index >= 15 is 0 Å². The van der Waals surface area contributed by atoms with E-state index in [9.17, 15) is 0 Å². The molecule has 1 aliphatic rings. The summed E-state index contributed by atoms with van der Waals surface area (Å²) >= 11 is 9.31. The molecule has 0 amide bonds. The van der Waals surface area contributed by atoms with E-state index in [0.29, 0.717) is 0 Å². The van der Waals surface area contributed by atoms with Crippen LogP contribution in [-0.2, 0) is 12.8 Å². The molecule has 3 rings (SSSR count). The van der Waals surface area contributed by atoms with Gasteiger partial charge in [0, 0.05) is 18.7 Å². The first-order chi connectivity index (χ1) is 10.2. The van der Waals surface area contributed by atoms with E-state index in [2.05, 4.69) is 68.4 Å². The van der Waals surface area contributed by atoms with E-state index in [1.807, 2.05) is 11.3 Å². The number of fused-ring (bicyclic) bond motifs is 1. The van der Waals surface area contributed by atoms with Gasteiger partial charge in [0.05, 0.1) is 6.04 Å². The number of thiophene rings is 1. The standard InChI is InChI=1S/C17H19Br2NS/c1-2-20-17(13-10-12(18)7-8-14(13)19)16-9-11-5-3-4-6-15(11)21-16/h7-10,17,20H,2-6H2,1H3. The fraction of sp³-hybridized carbons (Fsp3) is 0.412. The topological polar surface area (TPSA) is 12.0 Å². The zero-order chi connectivity index (χ0) is 14.8. The molecule has 1 aromatic heterocycles. The van der Waals surface area contributed by atoms with Crippen LogP contribution >= 0.6 is 43.2 Å². The molecule has 21 heavy (non-hydrogen) atoms.